The summed E-state index contributed by atoms with van der Waals surface area (Å²) in [6, 6.07) is 0. The fraction of sp³-hybridized carbons (Fsp3) is 0.918. The van der Waals surface area contributed by atoms with Crippen molar-refractivity contribution < 1.29 is 90.8 Å². The molecule has 0 radical (unpaired) electrons. The quantitative estimate of drug-likeness (QED) is 0.265. The Morgan fingerprint density at radius 2 is 1.12 bits per heavy atom. The van der Waals surface area contributed by atoms with Gasteiger partial charge in [-0.15, -0.1) is 0 Å². The Morgan fingerprint density at radius 3 is 1.99 bits per heavy atom. The lowest BCUT2D eigenvalue weighted by Gasteiger charge is -2.54. The Hall–Kier alpha value is -1.73. The Morgan fingerprint density at radius 1 is 0.475 bits per heavy atom. The molecule has 17 saturated heterocycles. The number of fused-ring (bicyclic) bond motifs is 11. The molecule has 19 heteroatoms. The van der Waals surface area contributed by atoms with Gasteiger partial charge in [-0.05, 0) is 73.8 Å². The number of hydrogen-bond acceptors (Lipinski definition) is 19. The van der Waals surface area contributed by atoms with Crippen LogP contribution in [0.1, 0.15) is 143 Å². The highest BCUT2D eigenvalue weighted by Gasteiger charge is 2.70. The van der Waals surface area contributed by atoms with Crippen LogP contribution >= 0.6 is 0 Å². The van der Waals surface area contributed by atoms with Crippen molar-refractivity contribution in [3.05, 3.63) is 24.3 Å². The summed E-state index contributed by atoms with van der Waals surface area (Å²) in [5.41, 5.74) is 2.16. The van der Waals surface area contributed by atoms with Crippen LogP contribution in [0.5, 0.6) is 0 Å². The van der Waals surface area contributed by atoms with Gasteiger partial charge in [0.15, 0.2) is 17.4 Å². The van der Waals surface area contributed by atoms with E-state index in [0.717, 1.165) is 49.7 Å². The fourth-order valence-corrected chi connectivity index (χ4v) is 18.8. The van der Waals surface area contributed by atoms with Crippen LogP contribution < -0.4 is 0 Å². The van der Waals surface area contributed by atoms with Crippen molar-refractivity contribution in [2.45, 2.75) is 319 Å². The standard InChI is InChI=1S/C61H86O19/c1-26-13-32-7-9-36-27(2)14-34(65-36)11-12-59-23-47-55(79-59)56-57(73-47)58(80-59)54-37(70-56)10-8-33(67-54)15-49(64)74-53-31(6)52-44(69-43(53)16-38(66-32)30(26)5)19-42-46(72-52)22-61(75-42)24-48-51(78-61)29(4)21-60(77-48)20-28(3)50-45(76-60)18-40-41(71-50)17-39(68-40)35(63)25-62/h26,28-29,31-48,50-58,62-63H,2,5,7-25H2,1,3-4,6H3/t26-,28+,29+,31+,32+,33-,34+,35+,36+,37+,38-,39+,40-,41-,42-,43+,44+,45+,46-,47+,48+,50+,51+,52+,53-,54+,55?,56+,57-,58+,59+,60-,61+/m1/s1. The van der Waals surface area contributed by atoms with E-state index in [-0.39, 0.29) is 159 Å². The number of rotatable bonds is 2. The zero-order valence-electron chi connectivity index (χ0n) is 47.0. The highest BCUT2D eigenvalue weighted by molar-refractivity contribution is 5.70. The molecule has 2 N–H and O–H groups in total. The second-order valence-electron chi connectivity index (χ2n) is 28.1. The lowest BCUT2D eigenvalue weighted by molar-refractivity contribution is -0.369. The summed E-state index contributed by atoms with van der Waals surface area (Å²) < 4.78 is 110. The molecule has 0 amide bonds. The minimum atomic E-state index is -0.941. The molecular weight excluding hydrogens is 1040 g/mol. The zero-order chi connectivity index (χ0) is 54.3. The molecule has 444 valence electrons. The average Bonchev–Trinajstić information content (AvgIpc) is 3.61. The highest BCUT2D eigenvalue weighted by Crippen LogP contribution is 2.58. The van der Waals surface area contributed by atoms with Gasteiger partial charge in [0, 0.05) is 70.1 Å². The maximum atomic E-state index is 14.6. The largest absolute Gasteiger partial charge is 0.459 e. The highest BCUT2D eigenvalue weighted by atomic mass is 16.8. The third-order valence-corrected chi connectivity index (χ3v) is 22.6. The minimum absolute atomic E-state index is 0.0140. The van der Waals surface area contributed by atoms with Crippen LogP contribution in [0.3, 0.4) is 0 Å². The first-order valence-electron chi connectivity index (χ1n) is 31.4. The van der Waals surface area contributed by atoms with E-state index in [2.05, 4.69) is 40.9 Å². The molecule has 0 aromatic rings. The Kier molecular flexibility index (Phi) is 13.4. The molecule has 17 rings (SSSR count). The Bertz CT molecular complexity index is 2410. The molecule has 0 aromatic heterocycles. The van der Waals surface area contributed by atoms with Gasteiger partial charge in [-0.25, -0.2) is 0 Å². The van der Waals surface area contributed by atoms with Gasteiger partial charge in [0.1, 0.15) is 42.7 Å². The third-order valence-electron chi connectivity index (χ3n) is 22.6. The van der Waals surface area contributed by atoms with Crippen LogP contribution in [-0.4, -0.2) is 199 Å². The number of carbonyl (C=O) groups excluding carboxylic acids is 1. The van der Waals surface area contributed by atoms with Crippen molar-refractivity contribution in [2.24, 2.45) is 23.7 Å². The maximum Gasteiger partial charge on any atom is 0.308 e. The topological polar surface area (TPSA) is 205 Å². The SMILES string of the molecule is C=C1C[C@@H]2CC[C@@]34C[C@@H]5O[C@H]6[C@@H](O3)[C@H]3O[C@H](CC[C@@H]3O[C@H]6C5O4)CC(=O)O[C@@H]3[C@@H](C)[C@@H]4O[C@@H]5C[C@]6(C[C@@H]7O[C@]8(C[C@H](C)[C@@H]9O[C@@H]%10C[C@@H]([C@@H](O)CO)O[C@@H]%10C[C@@H]9O8)C[C@H](C)[C@@H]7O6)O[C@@H]5C[C@@H]4O[C@H]3C[C@H]3O[C@@H](CC[C@@H]1O2)C[C@@H](C)C3=C. The van der Waals surface area contributed by atoms with Crippen molar-refractivity contribution >= 4 is 5.97 Å². The van der Waals surface area contributed by atoms with Crippen LogP contribution in [0.2, 0.25) is 0 Å². The van der Waals surface area contributed by atoms with Gasteiger partial charge in [-0.3, -0.25) is 4.79 Å². The van der Waals surface area contributed by atoms with Gasteiger partial charge >= 0.3 is 5.97 Å². The molecule has 3 spiro atoms. The fourth-order valence-electron chi connectivity index (χ4n) is 18.8. The van der Waals surface area contributed by atoms with Crippen molar-refractivity contribution in [3.63, 3.8) is 0 Å². The second kappa shape index (κ2) is 19.9. The Labute approximate surface area is 469 Å². The van der Waals surface area contributed by atoms with Gasteiger partial charge in [-0.1, -0.05) is 40.9 Å². The summed E-state index contributed by atoms with van der Waals surface area (Å²) in [6.07, 6.45) is 4.03. The smallest absolute Gasteiger partial charge is 0.308 e. The number of aliphatic hydroxyl groups excluding tert-OH is 2. The van der Waals surface area contributed by atoms with Crippen molar-refractivity contribution in [3.8, 4) is 0 Å². The van der Waals surface area contributed by atoms with E-state index in [9.17, 15) is 15.0 Å². The van der Waals surface area contributed by atoms with E-state index in [1.165, 1.54) is 0 Å². The molecule has 17 aliphatic rings. The first kappa shape index (κ1) is 53.7. The van der Waals surface area contributed by atoms with Crippen molar-refractivity contribution in [2.75, 3.05) is 6.61 Å². The van der Waals surface area contributed by atoms with Crippen LogP contribution in [0.15, 0.2) is 24.3 Å². The molecule has 0 saturated carbocycles. The lowest BCUT2D eigenvalue weighted by atomic mass is 9.78. The van der Waals surface area contributed by atoms with Gasteiger partial charge in [-0.2, -0.15) is 0 Å². The van der Waals surface area contributed by atoms with Crippen LogP contribution in [0, 0.1) is 23.7 Å². The van der Waals surface area contributed by atoms with E-state index >= 15 is 0 Å². The Balaban J connectivity index is 0.628. The average molecular weight is 1120 g/mol. The van der Waals surface area contributed by atoms with E-state index in [0.29, 0.717) is 70.6 Å². The van der Waals surface area contributed by atoms with Gasteiger partial charge in [0.05, 0.1) is 129 Å². The minimum Gasteiger partial charge on any atom is -0.459 e. The zero-order valence-corrected chi connectivity index (χ0v) is 47.0. The first-order valence-corrected chi connectivity index (χ1v) is 31.4. The summed E-state index contributed by atoms with van der Waals surface area (Å²) in [5.74, 6) is -2.60. The number of ether oxygens (including phenoxy) is 16. The predicted octanol–water partition coefficient (Wildman–Crippen LogP) is 5.33. The van der Waals surface area contributed by atoms with Crippen molar-refractivity contribution in [1.29, 1.82) is 0 Å². The summed E-state index contributed by atoms with van der Waals surface area (Å²) in [5, 5.41) is 20.0. The molecular formula is C61H86O19. The summed E-state index contributed by atoms with van der Waals surface area (Å²) in [6.45, 7) is 17.6. The number of aliphatic hydroxyl groups is 2. The van der Waals surface area contributed by atoms with Crippen molar-refractivity contribution in [1.82, 2.24) is 0 Å². The lowest BCUT2D eigenvalue weighted by Crippen LogP contribution is -2.62. The number of hydrogen-bond donors (Lipinski definition) is 2. The van der Waals surface area contributed by atoms with E-state index in [1.54, 1.807) is 0 Å². The summed E-state index contributed by atoms with van der Waals surface area (Å²) >= 11 is 0. The normalized spacial score (nSPS) is 58.9. The second-order valence-corrected chi connectivity index (χ2v) is 28.1. The number of carbonyl (C=O) groups is 1. The molecule has 80 heavy (non-hydrogen) atoms. The van der Waals surface area contributed by atoms with E-state index in [1.807, 2.05) is 0 Å². The monoisotopic (exact) mass is 1120 g/mol. The van der Waals surface area contributed by atoms with Gasteiger partial charge in [0.2, 0.25) is 0 Å². The van der Waals surface area contributed by atoms with Crippen LogP contribution in [-0.2, 0) is 80.6 Å². The molecule has 33 atom stereocenters. The third kappa shape index (κ3) is 8.99. The van der Waals surface area contributed by atoms with Crippen LogP contribution in [0.25, 0.3) is 0 Å². The molecule has 1 unspecified atom stereocenters. The molecule has 0 aliphatic carbocycles. The number of esters is 1. The van der Waals surface area contributed by atoms with E-state index in [4.69, 9.17) is 75.8 Å². The first-order chi connectivity index (χ1) is 38.6. The van der Waals surface area contributed by atoms with Gasteiger partial charge in [0.25, 0.3) is 0 Å². The molecule has 19 nitrogen and oxygen atoms in total. The molecule has 0 aromatic carbocycles. The predicted molar refractivity (Wildman–Crippen MR) is 276 cm³/mol. The molecule has 17 fully saturated rings. The summed E-state index contributed by atoms with van der Waals surface area (Å²) in [4.78, 5) is 14.6. The maximum absolute atomic E-state index is 14.6. The summed E-state index contributed by atoms with van der Waals surface area (Å²) in [7, 11) is 0. The van der Waals surface area contributed by atoms with Gasteiger partial charge < -0.3 is 86.0 Å². The molecule has 17 heterocycles. The van der Waals surface area contributed by atoms with E-state index < -0.39 is 60.1 Å². The van der Waals surface area contributed by atoms with Crippen LogP contribution in [0.4, 0.5) is 0 Å². The molecule has 17 aliphatic heterocycles. The molecule has 12 bridgehead atoms.